The van der Waals surface area contributed by atoms with Gasteiger partial charge in [0.25, 0.3) is 0 Å². The first kappa shape index (κ1) is 12.6. The molecule has 0 unspecified atom stereocenters. The molecule has 1 rings (SSSR count). The summed E-state index contributed by atoms with van der Waals surface area (Å²) in [6, 6.07) is 3.50. The van der Waals surface area contributed by atoms with Gasteiger partial charge in [0.15, 0.2) is 5.75 Å². The van der Waals surface area contributed by atoms with E-state index in [1.54, 1.807) is 26.4 Å². The molecule has 1 aromatic carbocycles. The third-order valence-corrected chi connectivity index (χ3v) is 2.82. The first-order chi connectivity index (χ1) is 7.20. The summed E-state index contributed by atoms with van der Waals surface area (Å²) in [5.74, 6) is 1.26. The molecule has 5 heteroatoms. The van der Waals surface area contributed by atoms with E-state index >= 15 is 0 Å². The van der Waals surface area contributed by atoms with Crippen LogP contribution in [0.4, 0.5) is 0 Å². The van der Waals surface area contributed by atoms with Gasteiger partial charge in [0.2, 0.25) is 0 Å². The average molecular weight is 296 g/mol. The predicted molar refractivity (Wildman–Crippen MR) is 63.1 cm³/mol. The van der Waals surface area contributed by atoms with Crippen molar-refractivity contribution in [2.45, 2.75) is 0 Å². The van der Waals surface area contributed by atoms with Crippen molar-refractivity contribution in [3.63, 3.8) is 0 Å². The number of hydrogen-bond acceptors (Lipinski definition) is 3. The van der Waals surface area contributed by atoms with Crippen molar-refractivity contribution in [2.24, 2.45) is 0 Å². The zero-order valence-corrected chi connectivity index (χ0v) is 10.9. The van der Waals surface area contributed by atoms with Crippen LogP contribution in [0.15, 0.2) is 16.6 Å². The van der Waals surface area contributed by atoms with Crippen LogP contribution in [0.2, 0.25) is 5.02 Å². The Morgan fingerprint density at radius 3 is 2.60 bits per heavy atom. The Morgan fingerprint density at radius 1 is 1.27 bits per heavy atom. The minimum Gasteiger partial charge on any atom is -0.495 e. The van der Waals surface area contributed by atoms with Gasteiger partial charge in [-0.2, -0.15) is 0 Å². The molecule has 84 valence electrons. The van der Waals surface area contributed by atoms with Crippen molar-refractivity contribution in [1.82, 2.24) is 0 Å². The van der Waals surface area contributed by atoms with Gasteiger partial charge in [-0.25, -0.2) is 0 Å². The second-order valence-electron chi connectivity index (χ2n) is 2.73. The highest BCUT2D eigenvalue weighted by Crippen LogP contribution is 2.39. The van der Waals surface area contributed by atoms with Crippen LogP contribution >= 0.6 is 27.5 Å². The third kappa shape index (κ3) is 3.26. The Labute approximate surface area is 102 Å². The molecule has 0 aliphatic rings. The summed E-state index contributed by atoms with van der Waals surface area (Å²) in [5, 5.41) is 0.541. The molecule has 0 aliphatic heterocycles. The predicted octanol–water partition coefficient (Wildman–Crippen LogP) is 3.14. The van der Waals surface area contributed by atoms with E-state index in [0.29, 0.717) is 34.2 Å². The lowest BCUT2D eigenvalue weighted by Crippen LogP contribution is -2.05. The lowest BCUT2D eigenvalue weighted by atomic mass is 10.3. The number of hydrogen-bond donors (Lipinski definition) is 0. The fraction of sp³-hybridized carbons (Fsp3) is 0.400. The molecule has 0 aliphatic carbocycles. The fourth-order valence-electron chi connectivity index (χ4n) is 1.03. The van der Waals surface area contributed by atoms with Gasteiger partial charge >= 0.3 is 0 Å². The molecular weight excluding hydrogens is 283 g/mol. The Balaban J connectivity index is 2.84. The maximum Gasteiger partial charge on any atom is 0.155 e. The van der Waals surface area contributed by atoms with E-state index in [4.69, 9.17) is 25.8 Å². The standard InChI is InChI=1S/C10H12BrClO3/c1-13-5-6-15-10-7(12)3-4-8(14-2)9(10)11/h3-4H,5-6H2,1-2H3. The highest BCUT2D eigenvalue weighted by atomic mass is 79.9. The maximum absolute atomic E-state index is 5.99. The van der Waals surface area contributed by atoms with Crippen LogP contribution in [0.1, 0.15) is 0 Å². The van der Waals surface area contributed by atoms with Gasteiger partial charge in [-0.05, 0) is 28.1 Å². The lowest BCUT2D eigenvalue weighted by molar-refractivity contribution is 0.146. The highest BCUT2D eigenvalue weighted by Gasteiger charge is 2.11. The van der Waals surface area contributed by atoms with Crippen LogP contribution in [0, 0.1) is 0 Å². The van der Waals surface area contributed by atoms with Crippen LogP contribution in [0.3, 0.4) is 0 Å². The van der Waals surface area contributed by atoms with Gasteiger partial charge in [-0.3, -0.25) is 0 Å². The van der Waals surface area contributed by atoms with Crippen LogP contribution in [0.5, 0.6) is 11.5 Å². The van der Waals surface area contributed by atoms with Gasteiger partial charge in [0.1, 0.15) is 16.8 Å². The molecule has 0 bridgehead atoms. The highest BCUT2D eigenvalue weighted by molar-refractivity contribution is 9.10. The number of methoxy groups -OCH3 is 2. The van der Waals surface area contributed by atoms with Gasteiger partial charge in [0, 0.05) is 7.11 Å². The molecule has 0 fully saturated rings. The van der Waals surface area contributed by atoms with Gasteiger partial charge in [-0.15, -0.1) is 0 Å². The van der Waals surface area contributed by atoms with E-state index in [9.17, 15) is 0 Å². The van der Waals surface area contributed by atoms with Crippen LogP contribution in [0.25, 0.3) is 0 Å². The van der Waals surface area contributed by atoms with Crippen LogP contribution in [-0.2, 0) is 4.74 Å². The van der Waals surface area contributed by atoms with Gasteiger partial charge in [0.05, 0.1) is 18.7 Å². The molecule has 0 aromatic heterocycles. The molecule has 0 saturated heterocycles. The van der Waals surface area contributed by atoms with Crippen molar-refractivity contribution in [3.8, 4) is 11.5 Å². The monoisotopic (exact) mass is 294 g/mol. The Hall–Kier alpha value is -0.450. The Morgan fingerprint density at radius 2 is 2.00 bits per heavy atom. The fourth-order valence-corrected chi connectivity index (χ4v) is 1.98. The molecular formula is C10H12BrClO3. The topological polar surface area (TPSA) is 27.7 Å². The molecule has 0 spiro atoms. The summed E-state index contributed by atoms with van der Waals surface area (Å²) in [4.78, 5) is 0. The smallest absolute Gasteiger partial charge is 0.155 e. The molecule has 0 radical (unpaired) electrons. The summed E-state index contributed by atoms with van der Waals surface area (Å²) in [5.41, 5.74) is 0. The van der Waals surface area contributed by atoms with E-state index in [2.05, 4.69) is 15.9 Å². The lowest BCUT2D eigenvalue weighted by Gasteiger charge is -2.12. The van der Waals surface area contributed by atoms with E-state index in [1.807, 2.05) is 0 Å². The second kappa shape index (κ2) is 6.20. The van der Waals surface area contributed by atoms with Crippen LogP contribution in [-0.4, -0.2) is 27.4 Å². The molecule has 0 atom stereocenters. The molecule has 15 heavy (non-hydrogen) atoms. The van der Waals surface area contributed by atoms with E-state index < -0.39 is 0 Å². The van der Waals surface area contributed by atoms with Crippen LogP contribution < -0.4 is 9.47 Å². The number of benzene rings is 1. The first-order valence-corrected chi connectivity index (χ1v) is 5.51. The van der Waals surface area contributed by atoms with Crippen molar-refractivity contribution in [2.75, 3.05) is 27.4 Å². The average Bonchev–Trinajstić information content (AvgIpc) is 2.23. The molecule has 0 amide bonds. The second-order valence-corrected chi connectivity index (χ2v) is 3.93. The van der Waals surface area contributed by atoms with Crippen molar-refractivity contribution < 1.29 is 14.2 Å². The Bertz CT molecular complexity index is 331. The SMILES string of the molecule is COCCOc1c(Cl)ccc(OC)c1Br. The summed E-state index contributed by atoms with van der Waals surface area (Å²) >= 11 is 9.36. The summed E-state index contributed by atoms with van der Waals surface area (Å²) in [7, 11) is 3.21. The molecule has 0 heterocycles. The zero-order valence-electron chi connectivity index (χ0n) is 8.55. The third-order valence-electron chi connectivity index (χ3n) is 1.77. The molecule has 3 nitrogen and oxygen atoms in total. The quantitative estimate of drug-likeness (QED) is 0.781. The molecule has 1 aromatic rings. The van der Waals surface area contributed by atoms with E-state index in [-0.39, 0.29) is 0 Å². The van der Waals surface area contributed by atoms with Crippen molar-refractivity contribution in [3.05, 3.63) is 21.6 Å². The number of halogens is 2. The van der Waals surface area contributed by atoms with Gasteiger partial charge < -0.3 is 14.2 Å². The van der Waals surface area contributed by atoms with E-state index in [1.165, 1.54) is 0 Å². The maximum atomic E-state index is 5.99. The summed E-state index contributed by atoms with van der Waals surface area (Å²) < 4.78 is 16.2. The minimum atomic E-state index is 0.446. The summed E-state index contributed by atoms with van der Waals surface area (Å²) in [6.45, 7) is 0.960. The normalized spacial score (nSPS) is 10.1. The van der Waals surface area contributed by atoms with Gasteiger partial charge in [-0.1, -0.05) is 11.6 Å². The molecule has 0 saturated carbocycles. The number of rotatable bonds is 5. The van der Waals surface area contributed by atoms with Crippen molar-refractivity contribution in [1.29, 1.82) is 0 Å². The zero-order chi connectivity index (χ0) is 11.3. The Kier molecular flexibility index (Phi) is 5.22. The van der Waals surface area contributed by atoms with Crippen molar-refractivity contribution >= 4 is 27.5 Å². The summed E-state index contributed by atoms with van der Waals surface area (Å²) in [6.07, 6.45) is 0. The largest absolute Gasteiger partial charge is 0.495 e. The van der Waals surface area contributed by atoms with E-state index in [0.717, 1.165) is 0 Å². The first-order valence-electron chi connectivity index (χ1n) is 4.34. The number of ether oxygens (including phenoxy) is 3. The minimum absolute atomic E-state index is 0.446. The molecule has 0 N–H and O–H groups in total.